The van der Waals surface area contributed by atoms with Crippen LogP contribution in [-0.2, 0) is 11.0 Å². The molecule has 130 valence electrons. The lowest BCUT2D eigenvalue weighted by molar-refractivity contribution is -0.137. The summed E-state index contributed by atoms with van der Waals surface area (Å²) in [5, 5.41) is 10.4. The van der Waals surface area contributed by atoms with Crippen LogP contribution in [0, 0.1) is 0 Å². The molecule has 3 aromatic rings. The molecule has 0 aliphatic heterocycles. The fourth-order valence-electron chi connectivity index (χ4n) is 2.10. The molecule has 0 fully saturated rings. The maximum Gasteiger partial charge on any atom is 0.418 e. The summed E-state index contributed by atoms with van der Waals surface area (Å²) in [4.78, 5) is 12.0. The number of amides is 1. The smallest absolute Gasteiger partial charge is 0.325 e. The Morgan fingerprint density at radius 3 is 2.60 bits per heavy atom. The van der Waals surface area contributed by atoms with Gasteiger partial charge in [0.15, 0.2) is 0 Å². The van der Waals surface area contributed by atoms with Gasteiger partial charge in [-0.25, -0.2) is 4.68 Å². The number of carbonyl (C=O) groups excluding carboxylic acids is 1. The van der Waals surface area contributed by atoms with Gasteiger partial charge in [-0.05, 0) is 24.3 Å². The molecule has 25 heavy (non-hydrogen) atoms. The molecule has 0 aliphatic carbocycles. The van der Waals surface area contributed by atoms with E-state index >= 15 is 0 Å². The van der Waals surface area contributed by atoms with E-state index in [2.05, 4.69) is 15.5 Å². The van der Waals surface area contributed by atoms with E-state index in [1.54, 1.807) is 21.7 Å². The van der Waals surface area contributed by atoms with Gasteiger partial charge in [0, 0.05) is 12.4 Å². The molecular formula is C15H12F3N5OS. The minimum absolute atomic E-state index is 0.105. The highest BCUT2D eigenvalue weighted by Gasteiger charge is 2.33. The lowest BCUT2D eigenvalue weighted by Gasteiger charge is -2.13. The van der Waals surface area contributed by atoms with E-state index < -0.39 is 17.6 Å². The number of halogens is 3. The van der Waals surface area contributed by atoms with Crippen molar-refractivity contribution in [2.45, 2.75) is 11.3 Å². The highest BCUT2D eigenvalue weighted by Crippen LogP contribution is 2.34. The van der Waals surface area contributed by atoms with Gasteiger partial charge in [0.1, 0.15) is 6.33 Å². The van der Waals surface area contributed by atoms with Crippen molar-refractivity contribution in [3.8, 4) is 0 Å². The van der Waals surface area contributed by atoms with Gasteiger partial charge in [-0.1, -0.05) is 23.9 Å². The first-order valence-corrected chi connectivity index (χ1v) is 8.06. The third-order valence-corrected chi connectivity index (χ3v) is 4.11. The van der Waals surface area contributed by atoms with Gasteiger partial charge in [-0.15, -0.1) is 10.2 Å². The lowest BCUT2D eigenvalue weighted by atomic mass is 10.1. The Hall–Kier alpha value is -2.75. The van der Waals surface area contributed by atoms with Crippen LogP contribution >= 0.6 is 11.8 Å². The van der Waals surface area contributed by atoms with Crippen LogP contribution in [-0.4, -0.2) is 31.2 Å². The first kappa shape index (κ1) is 17.1. The van der Waals surface area contributed by atoms with Crippen molar-refractivity contribution in [3.05, 3.63) is 60.7 Å². The molecule has 2 heterocycles. The number of benzene rings is 1. The summed E-state index contributed by atoms with van der Waals surface area (Å²) in [5.74, 6) is -0.671. The number of hydrogen-bond donors (Lipinski definition) is 1. The van der Waals surface area contributed by atoms with Crippen molar-refractivity contribution in [1.82, 2.24) is 19.5 Å². The van der Waals surface area contributed by atoms with Crippen molar-refractivity contribution < 1.29 is 18.0 Å². The number of thioether (sulfide) groups is 1. The number of rotatable bonds is 5. The van der Waals surface area contributed by atoms with Crippen LogP contribution in [0.5, 0.6) is 0 Å². The second-order valence-electron chi connectivity index (χ2n) is 4.90. The summed E-state index contributed by atoms with van der Waals surface area (Å²) < 4.78 is 42.1. The Morgan fingerprint density at radius 2 is 1.88 bits per heavy atom. The number of para-hydroxylation sites is 1. The average molecular weight is 367 g/mol. The second kappa shape index (κ2) is 7.01. The zero-order valence-corrected chi connectivity index (χ0v) is 13.5. The van der Waals surface area contributed by atoms with Crippen LogP contribution in [0.15, 0.2) is 60.3 Å². The molecule has 1 aromatic carbocycles. The fourth-order valence-corrected chi connectivity index (χ4v) is 2.81. The van der Waals surface area contributed by atoms with Gasteiger partial charge >= 0.3 is 6.18 Å². The SMILES string of the molecule is O=C(CSc1nncn1-n1cccc1)Nc1ccccc1C(F)(F)F. The van der Waals surface area contributed by atoms with Crippen molar-refractivity contribution in [2.24, 2.45) is 0 Å². The Kier molecular flexibility index (Phi) is 4.79. The molecule has 2 aromatic heterocycles. The molecule has 0 atom stereocenters. The van der Waals surface area contributed by atoms with Gasteiger partial charge in [-0.3, -0.25) is 9.47 Å². The summed E-state index contributed by atoms with van der Waals surface area (Å²) in [6.45, 7) is 0. The topological polar surface area (TPSA) is 64.7 Å². The highest BCUT2D eigenvalue weighted by molar-refractivity contribution is 7.99. The highest BCUT2D eigenvalue weighted by atomic mass is 32.2. The van der Waals surface area contributed by atoms with Crippen LogP contribution in [0.4, 0.5) is 18.9 Å². The Labute approximate surface area is 144 Å². The summed E-state index contributed by atoms with van der Waals surface area (Å²) >= 11 is 1.07. The number of hydrogen-bond acceptors (Lipinski definition) is 4. The Morgan fingerprint density at radius 1 is 1.16 bits per heavy atom. The van der Waals surface area contributed by atoms with E-state index in [9.17, 15) is 18.0 Å². The molecular weight excluding hydrogens is 355 g/mol. The number of carbonyl (C=O) groups is 1. The van der Waals surface area contributed by atoms with Gasteiger partial charge < -0.3 is 5.32 Å². The normalized spacial score (nSPS) is 11.5. The lowest BCUT2D eigenvalue weighted by Crippen LogP contribution is -2.18. The number of nitrogens with zero attached hydrogens (tertiary/aromatic N) is 4. The van der Waals surface area contributed by atoms with Crippen molar-refractivity contribution >= 4 is 23.4 Å². The van der Waals surface area contributed by atoms with Gasteiger partial charge in [0.25, 0.3) is 0 Å². The molecule has 1 amide bonds. The van der Waals surface area contributed by atoms with Crippen LogP contribution in [0.1, 0.15) is 5.56 Å². The molecule has 0 unspecified atom stereocenters. The zero-order valence-electron chi connectivity index (χ0n) is 12.6. The van der Waals surface area contributed by atoms with E-state index in [1.165, 1.54) is 24.5 Å². The molecule has 0 aliphatic rings. The third kappa shape index (κ3) is 4.02. The predicted octanol–water partition coefficient (Wildman–Crippen LogP) is 3.14. The Bertz CT molecular complexity index is 860. The van der Waals surface area contributed by atoms with Crippen molar-refractivity contribution in [1.29, 1.82) is 0 Å². The van der Waals surface area contributed by atoms with E-state index in [-0.39, 0.29) is 11.4 Å². The summed E-state index contributed by atoms with van der Waals surface area (Å²) in [5.41, 5.74) is -1.16. The summed E-state index contributed by atoms with van der Waals surface area (Å²) in [6.07, 6.45) is 0.477. The molecule has 0 bridgehead atoms. The molecule has 0 saturated carbocycles. The van der Waals surface area contributed by atoms with E-state index in [0.29, 0.717) is 5.16 Å². The van der Waals surface area contributed by atoms with Crippen molar-refractivity contribution in [3.63, 3.8) is 0 Å². The van der Waals surface area contributed by atoms with Gasteiger partial charge in [-0.2, -0.15) is 13.2 Å². The largest absolute Gasteiger partial charge is 0.418 e. The van der Waals surface area contributed by atoms with Crippen LogP contribution < -0.4 is 5.32 Å². The van der Waals surface area contributed by atoms with Crippen molar-refractivity contribution in [2.75, 3.05) is 11.1 Å². The minimum Gasteiger partial charge on any atom is -0.325 e. The molecule has 0 saturated heterocycles. The third-order valence-electron chi connectivity index (χ3n) is 3.18. The van der Waals surface area contributed by atoms with E-state index in [0.717, 1.165) is 17.8 Å². The summed E-state index contributed by atoms with van der Waals surface area (Å²) in [6, 6.07) is 8.47. The minimum atomic E-state index is -4.54. The molecule has 1 N–H and O–H groups in total. The van der Waals surface area contributed by atoms with Crippen LogP contribution in [0.3, 0.4) is 0 Å². The monoisotopic (exact) mass is 367 g/mol. The van der Waals surface area contributed by atoms with Crippen LogP contribution in [0.2, 0.25) is 0 Å². The Balaban J connectivity index is 1.67. The fraction of sp³-hybridized carbons (Fsp3) is 0.133. The van der Waals surface area contributed by atoms with Gasteiger partial charge in [0.05, 0.1) is 17.0 Å². The predicted molar refractivity (Wildman–Crippen MR) is 86.0 cm³/mol. The zero-order chi connectivity index (χ0) is 17.9. The average Bonchev–Trinajstić information content (AvgIpc) is 3.23. The molecule has 10 heteroatoms. The number of alkyl halides is 3. The maximum atomic E-state index is 12.9. The van der Waals surface area contributed by atoms with Gasteiger partial charge in [0.2, 0.25) is 11.1 Å². The second-order valence-corrected chi connectivity index (χ2v) is 5.84. The van der Waals surface area contributed by atoms with E-state index in [4.69, 9.17) is 0 Å². The standard InChI is InChI=1S/C15H12F3N5OS/c16-15(17,18)11-5-1-2-6-12(11)20-13(24)9-25-14-21-19-10-23(14)22-7-3-4-8-22/h1-8,10H,9H2,(H,20,24). The summed E-state index contributed by atoms with van der Waals surface area (Å²) in [7, 11) is 0. The van der Waals surface area contributed by atoms with E-state index in [1.807, 2.05) is 12.1 Å². The molecule has 3 rings (SSSR count). The number of aromatic nitrogens is 4. The number of nitrogens with one attached hydrogen (secondary N) is 1. The molecule has 6 nitrogen and oxygen atoms in total. The molecule has 0 radical (unpaired) electrons. The molecule has 0 spiro atoms. The maximum absolute atomic E-state index is 12.9. The first-order valence-electron chi connectivity index (χ1n) is 7.07. The quantitative estimate of drug-likeness (QED) is 0.704. The first-order chi connectivity index (χ1) is 11.9. The number of anilines is 1. The van der Waals surface area contributed by atoms with Crippen LogP contribution in [0.25, 0.3) is 0 Å².